The van der Waals surface area contributed by atoms with E-state index in [9.17, 15) is 4.79 Å². The third-order valence-corrected chi connectivity index (χ3v) is 5.27. The number of amides is 1. The molecule has 0 aromatic heterocycles. The van der Waals surface area contributed by atoms with E-state index in [1.54, 1.807) is 0 Å². The summed E-state index contributed by atoms with van der Waals surface area (Å²) < 4.78 is 11.8. The van der Waals surface area contributed by atoms with E-state index in [-0.39, 0.29) is 18.4 Å². The van der Waals surface area contributed by atoms with E-state index in [1.165, 1.54) is 6.42 Å². The fourth-order valence-corrected chi connectivity index (χ4v) is 3.65. The summed E-state index contributed by atoms with van der Waals surface area (Å²) >= 11 is 0. The van der Waals surface area contributed by atoms with Crippen molar-refractivity contribution in [1.29, 1.82) is 0 Å². The predicted octanol–water partition coefficient (Wildman–Crippen LogP) is 3.18. The van der Waals surface area contributed by atoms with E-state index in [1.807, 2.05) is 35.2 Å². The topological polar surface area (TPSA) is 59.0 Å². The van der Waals surface area contributed by atoms with Crippen LogP contribution in [0, 0.1) is 12.3 Å². The number of nitrogens with zero attached hydrogens (tertiary/aromatic N) is 1. The van der Waals surface area contributed by atoms with Gasteiger partial charge in [-0.05, 0) is 55.9 Å². The molecule has 0 spiro atoms. The molecule has 0 aliphatic carbocycles. The van der Waals surface area contributed by atoms with Gasteiger partial charge in [0.1, 0.15) is 0 Å². The maximum absolute atomic E-state index is 13.0. The van der Waals surface area contributed by atoms with Gasteiger partial charge in [-0.15, -0.1) is 6.42 Å². The van der Waals surface area contributed by atoms with Gasteiger partial charge in [0.05, 0.1) is 6.61 Å². The minimum absolute atomic E-state index is 0.0344. The number of aliphatic hydroxyl groups is 1. The number of hydrogen-bond donors (Lipinski definition) is 1. The number of aliphatic hydroxyl groups excluding tert-OH is 1. The normalized spacial score (nSPS) is 22.1. The van der Waals surface area contributed by atoms with Crippen LogP contribution in [0.2, 0.25) is 0 Å². The second-order valence-corrected chi connectivity index (χ2v) is 7.34. The van der Waals surface area contributed by atoms with Crippen LogP contribution in [0.25, 0.3) is 0 Å². The lowest BCUT2D eigenvalue weighted by molar-refractivity contribution is -0.153. The molecule has 0 radical (unpaired) electrons. The van der Waals surface area contributed by atoms with Crippen molar-refractivity contribution in [3.05, 3.63) is 47.2 Å². The number of likely N-dealkylation sites (tertiary alicyclic amines) is 1. The summed E-state index contributed by atoms with van der Waals surface area (Å²) in [5.41, 5.74) is 1.93. The number of hydrogen-bond acceptors (Lipinski definition) is 4. The van der Waals surface area contributed by atoms with Crippen molar-refractivity contribution in [1.82, 2.24) is 4.90 Å². The zero-order chi connectivity index (χ0) is 19.8. The van der Waals surface area contributed by atoms with Gasteiger partial charge in [-0.2, -0.15) is 0 Å². The molecule has 0 saturated carbocycles. The molecule has 150 valence electrons. The number of piperidine rings is 1. The lowest BCUT2D eigenvalue weighted by Gasteiger charge is -2.33. The smallest absolute Gasteiger partial charge is 0.288 e. The number of carbonyl (C=O) groups is 1. The Kier molecular flexibility index (Phi) is 7.53. The van der Waals surface area contributed by atoms with Crippen molar-refractivity contribution >= 4 is 5.91 Å². The number of carbonyl (C=O) groups excluding carboxylic acids is 1. The fourth-order valence-electron chi connectivity index (χ4n) is 3.65. The Morgan fingerprint density at radius 2 is 1.96 bits per heavy atom. The SMILES string of the molecule is C#Cc1ccc([C@@H]2C=C(C(=O)N3CCCCC3)O[C@H](OCCCCO)C2)cc1. The molecule has 1 aromatic carbocycles. The lowest BCUT2D eigenvalue weighted by atomic mass is 9.92. The summed E-state index contributed by atoms with van der Waals surface area (Å²) in [5.74, 6) is 3.00. The first-order valence-corrected chi connectivity index (χ1v) is 10.2. The number of terminal acetylenes is 1. The molecule has 1 amide bonds. The van der Waals surface area contributed by atoms with Crippen LogP contribution in [0.5, 0.6) is 0 Å². The van der Waals surface area contributed by atoms with Crippen LogP contribution < -0.4 is 0 Å². The van der Waals surface area contributed by atoms with Crippen LogP contribution in [0.1, 0.15) is 55.6 Å². The largest absolute Gasteiger partial charge is 0.459 e. The quantitative estimate of drug-likeness (QED) is 0.580. The number of allylic oxidation sites excluding steroid dienone is 1. The van der Waals surface area contributed by atoms with Crippen LogP contribution in [-0.4, -0.2) is 48.5 Å². The zero-order valence-corrected chi connectivity index (χ0v) is 16.3. The van der Waals surface area contributed by atoms with E-state index in [4.69, 9.17) is 21.0 Å². The highest BCUT2D eigenvalue weighted by molar-refractivity contribution is 5.91. The zero-order valence-electron chi connectivity index (χ0n) is 16.3. The molecule has 1 fully saturated rings. The summed E-state index contributed by atoms with van der Waals surface area (Å²) in [6.45, 7) is 2.21. The van der Waals surface area contributed by atoms with Crippen LogP contribution in [-0.2, 0) is 14.3 Å². The predicted molar refractivity (Wildman–Crippen MR) is 107 cm³/mol. The van der Waals surface area contributed by atoms with E-state index in [2.05, 4.69) is 5.92 Å². The van der Waals surface area contributed by atoms with Crippen molar-refractivity contribution in [2.24, 2.45) is 0 Å². The molecule has 28 heavy (non-hydrogen) atoms. The summed E-state index contributed by atoms with van der Waals surface area (Å²) in [6, 6.07) is 7.85. The number of unbranched alkanes of at least 4 members (excludes halogenated alkanes) is 1. The molecule has 1 N–H and O–H groups in total. The molecule has 1 saturated heterocycles. The first-order valence-electron chi connectivity index (χ1n) is 10.2. The van der Waals surface area contributed by atoms with Crippen LogP contribution in [0.3, 0.4) is 0 Å². The van der Waals surface area contributed by atoms with Gasteiger partial charge < -0.3 is 19.5 Å². The Bertz CT molecular complexity index is 713. The van der Waals surface area contributed by atoms with Crippen molar-refractivity contribution in [2.75, 3.05) is 26.3 Å². The van der Waals surface area contributed by atoms with Gasteiger partial charge in [-0.25, -0.2) is 0 Å². The minimum atomic E-state index is -0.468. The van der Waals surface area contributed by atoms with E-state index < -0.39 is 6.29 Å². The number of rotatable bonds is 7. The number of ether oxygens (including phenoxy) is 2. The highest BCUT2D eigenvalue weighted by atomic mass is 16.7. The van der Waals surface area contributed by atoms with Crippen LogP contribution in [0.15, 0.2) is 36.1 Å². The third-order valence-electron chi connectivity index (χ3n) is 5.27. The highest BCUT2D eigenvalue weighted by Gasteiger charge is 2.31. The molecule has 2 heterocycles. The van der Waals surface area contributed by atoms with Crippen LogP contribution in [0.4, 0.5) is 0 Å². The Hall–Kier alpha value is -2.29. The molecular weight excluding hydrogens is 354 g/mol. The Morgan fingerprint density at radius 3 is 2.64 bits per heavy atom. The van der Waals surface area contributed by atoms with Gasteiger partial charge in [-0.1, -0.05) is 18.1 Å². The van der Waals surface area contributed by atoms with Gasteiger partial charge in [-0.3, -0.25) is 4.79 Å². The molecule has 5 heteroatoms. The summed E-state index contributed by atoms with van der Waals surface area (Å²) in [7, 11) is 0. The maximum atomic E-state index is 13.0. The standard InChI is InChI=1S/C23H29NO4/c1-2-18-8-10-19(11-9-18)20-16-21(23(26)24-12-4-3-5-13-24)28-22(17-20)27-15-7-6-14-25/h1,8-11,16,20,22,25H,3-7,12-15,17H2/t20-,22+/m1/s1. The molecule has 0 bridgehead atoms. The average molecular weight is 383 g/mol. The van der Waals surface area contributed by atoms with Gasteiger partial charge in [0.25, 0.3) is 5.91 Å². The van der Waals surface area contributed by atoms with E-state index in [0.717, 1.165) is 43.5 Å². The van der Waals surface area contributed by atoms with Gasteiger partial charge in [0, 0.05) is 37.6 Å². The van der Waals surface area contributed by atoms with Gasteiger partial charge >= 0.3 is 0 Å². The molecule has 2 aliphatic rings. The Balaban J connectivity index is 1.75. The lowest BCUT2D eigenvalue weighted by Crippen LogP contribution is -2.39. The summed E-state index contributed by atoms with van der Waals surface area (Å²) in [4.78, 5) is 14.8. The Labute approximate surface area is 167 Å². The fraction of sp³-hybridized carbons (Fsp3) is 0.522. The second-order valence-electron chi connectivity index (χ2n) is 7.34. The maximum Gasteiger partial charge on any atom is 0.288 e. The molecule has 2 aliphatic heterocycles. The second kappa shape index (κ2) is 10.3. The van der Waals surface area contributed by atoms with Crippen molar-refractivity contribution < 1.29 is 19.4 Å². The molecular formula is C23H29NO4. The molecule has 0 unspecified atom stereocenters. The number of benzene rings is 1. The molecule has 1 aromatic rings. The Morgan fingerprint density at radius 1 is 1.21 bits per heavy atom. The van der Waals surface area contributed by atoms with Gasteiger partial charge in [0.2, 0.25) is 6.29 Å². The van der Waals surface area contributed by atoms with Crippen molar-refractivity contribution in [3.63, 3.8) is 0 Å². The monoisotopic (exact) mass is 383 g/mol. The first-order chi connectivity index (χ1) is 13.7. The van der Waals surface area contributed by atoms with Crippen molar-refractivity contribution in [2.45, 2.75) is 50.7 Å². The van der Waals surface area contributed by atoms with Crippen LogP contribution >= 0.6 is 0 Å². The first kappa shape index (κ1) is 20.4. The van der Waals surface area contributed by atoms with Gasteiger partial charge in [0.15, 0.2) is 5.76 Å². The van der Waals surface area contributed by atoms with Crippen molar-refractivity contribution in [3.8, 4) is 12.3 Å². The highest BCUT2D eigenvalue weighted by Crippen LogP contribution is 2.32. The minimum Gasteiger partial charge on any atom is -0.459 e. The summed E-state index contributed by atoms with van der Waals surface area (Å²) in [6.07, 6.45) is 12.3. The van der Waals surface area contributed by atoms with E-state index >= 15 is 0 Å². The molecule has 5 nitrogen and oxygen atoms in total. The van der Waals surface area contributed by atoms with E-state index in [0.29, 0.717) is 25.2 Å². The third kappa shape index (κ3) is 5.37. The molecule has 2 atom stereocenters. The molecule has 3 rings (SSSR count). The average Bonchev–Trinajstić information content (AvgIpc) is 2.76. The summed E-state index contributed by atoms with van der Waals surface area (Å²) in [5, 5.41) is 8.94.